The van der Waals surface area contributed by atoms with Gasteiger partial charge in [0.2, 0.25) is 5.91 Å². The Balaban J connectivity index is 1.39. The number of carbonyl (C=O) groups is 2. The Morgan fingerprint density at radius 3 is 2.46 bits per heavy atom. The molecule has 1 aliphatic heterocycles. The average Bonchev–Trinajstić information content (AvgIpc) is 3.65. The number of rotatable bonds is 11. The molecule has 1 amide bonds. The standard InChI is InChI=1S/C31H34F2N2O6/c1-31(2,17-40-16-18-4-5-18)29-24(32)10-19(11-25(29)33)12-26(36)30-23-7-6-21(39-3)13-20(23)8-9-35(30)28(38)15-22-14-27(37)34-41-22/h6-7,10-11,13-14,18,30H,4-5,8-9,12,15-17H2,1-3H3,(H,34,37)/t30-/m1/s1. The molecule has 10 heteroatoms. The van der Waals surface area contributed by atoms with Crippen LogP contribution in [0.4, 0.5) is 8.78 Å². The van der Waals surface area contributed by atoms with Crippen molar-refractivity contribution >= 4 is 11.7 Å². The first-order valence-electron chi connectivity index (χ1n) is 13.8. The number of H-pyrrole nitrogens is 1. The summed E-state index contributed by atoms with van der Waals surface area (Å²) in [6.45, 7) is 4.46. The summed E-state index contributed by atoms with van der Waals surface area (Å²) in [7, 11) is 1.54. The number of ketones is 1. The maximum atomic E-state index is 15.3. The second-order valence-electron chi connectivity index (χ2n) is 11.6. The fourth-order valence-electron chi connectivity index (χ4n) is 5.51. The minimum absolute atomic E-state index is 0.0793. The van der Waals surface area contributed by atoms with Crippen molar-refractivity contribution in [1.29, 1.82) is 0 Å². The zero-order chi connectivity index (χ0) is 29.3. The number of carbonyl (C=O) groups excluding carboxylic acids is 2. The second-order valence-corrected chi connectivity index (χ2v) is 11.6. The number of amides is 1. The molecular weight excluding hydrogens is 534 g/mol. The van der Waals surface area contributed by atoms with E-state index in [1.165, 1.54) is 23.1 Å². The monoisotopic (exact) mass is 568 g/mol. The topological polar surface area (TPSA) is 102 Å². The Kier molecular flexibility index (Phi) is 8.13. The van der Waals surface area contributed by atoms with Gasteiger partial charge in [-0.2, -0.15) is 5.16 Å². The predicted molar refractivity (Wildman–Crippen MR) is 146 cm³/mol. The molecule has 1 fully saturated rings. The summed E-state index contributed by atoms with van der Waals surface area (Å²) in [5.74, 6) is -0.976. The molecule has 0 radical (unpaired) electrons. The molecule has 3 aromatic rings. The van der Waals surface area contributed by atoms with Crippen molar-refractivity contribution < 1.29 is 32.4 Å². The highest BCUT2D eigenvalue weighted by atomic mass is 19.1. The number of methoxy groups -OCH3 is 1. The van der Waals surface area contributed by atoms with Gasteiger partial charge in [0.15, 0.2) is 5.78 Å². The van der Waals surface area contributed by atoms with Gasteiger partial charge in [0, 0.05) is 36.6 Å². The molecule has 5 rings (SSSR count). The van der Waals surface area contributed by atoms with Crippen LogP contribution in [0.5, 0.6) is 5.75 Å². The van der Waals surface area contributed by atoms with Crippen LogP contribution >= 0.6 is 0 Å². The molecule has 1 aliphatic carbocycles. The van der Waals surface area contributed by atoms with Gasteiger partial charge in [0.1, 0.15) is 29.2 Å². The van der Waals surface area contributed by atoms with Crippen LogP contribution in [0.3, 0.4) is 0 Å². The number of fused-ring (bicyclic) bond motifs is 1. The predicted octanol–water partition coefficient (Wildman–Crippen LogP) is 4.44. The van der Waals surface area contributed by atoms with Gasteiger partial charge in [0.05, 0.1) is 20.1 Å². The number of hydrogen-bond donors (Lipinski definition) is 1. The molecule has 0 bridgehead atoms. The van der Waals surface area contributed by atoms with Crippen LogP contribution in [0.15, 0.2) is 45.7 Å². The fourth-order valence-corrected chi connectivity index (χ4v) is 5.51. The van der Waals surface area contributed by atoms with Crippen LogP contribution in [0, 0.1) is 17.6 Å². The van der Waals surface area contributed by atoms with E-state index in [4.69, 9.17) is 14.0 Å². The number of hydrogen-bond acceptors (Lipinski definition) is 6. The highest BCUT2D eigenvalue weighted by Crippen LogP contribution is 2.36. The smallest absolute Gasteiger partial charge is 0.280 e. The Morgan fingerprint density at radius 2 is 1.83 bits per heavy atom. The normalized spacial score (nSPS) is 16.9. The maximum Gasteiger partial charge on any atom is 0.280 e. The third-order valence-electron chi connectivity index (χ3n) is 7.77. The summed E-state index contributed by atoms with van der Waals surface area (Å²) < 4.78 is 46.8. The molecule has 0 spiro atoms. The van der Waals surface area contributed by atoms with E-state index in [1.807, 2.05) is 6.07 Å². The number of halogens is 2. The number of Topliss-reactive ketones (excluding diaryl/α,β-unsaturated/α-hetero) is 1. The van der Waals surface area contributed by atoms with Gasteiger partial charge in [0.25, 0.3) is 5.56 Å². The quantitative estimate of drug-likeness (QED) is 0.367. The Labute approximate surface area is 236 Å². The van der Waals surface area contributed by atoms with Crippen molar-refractivity contribution in [2.45, 2.75) is 57.4 Å². The van der Waals surface area contributed by atoms with Crippen LogP contribution in [-0.2, 0) is 39.0 Å². The Morgan fingerprint density at radius 1 is 1.10 bits per heavy atom. The number of aromatic amines is 1. The molecular formula is C31H34F2N2O6. The van der Waals surface area contributed by atoms with Crippen molar-refractivity contribution in [3.8, 4) is 5.75 Å². The highest BCUT2D eigenvalue weighted by Gasteiger charge is 2.37. The van der Waals surface area contributed by atoms with Gasteiger partial charge < -0.3 is 18.9 Å². The molecule has 1 N–H and O–H groups in total. The van der Waals surface area contributed by atoms with Crippen molar-refractivity contribution in [3.05, 3.63) is 86.4 Å². The molecule has 1 atom stereocenters. The fraction of sp³-hybridized carbons (Fsp3) is 0.452. The molecule has 218 valence electrons. The van der Waals surface area contributed by atoms with Crippen molar-refractivity contribution in [2.75, 3.05) is 26.9 Å². The van der Waals surface area contributed by atoms with E-state index in [2.05, 4.69) is 5.16 Å². The lowest BCUT2D eigenvalue weighted by atomic mass is 9.83. The van der Waals surface area contributed by atoms with Crippen LogP contribution < -0.4 is 10.3 Å². The highest BCUT2D eigenvalue weighted by molar-refractivity contribution is 5.92. The second kappa shape index (κ2) is 11.6. The molecule has 1 saturated carbocycles. The van der Waals surface area contributed by atoms with Crippen LogP contribution in [0.1, 0.15) is 60.7 Å². The third kappa shape index (κ3) is 6.43. The number of nitrogens with one attached hydrogen (secondary N) is 1. The summed E-state index contributed by atoms with van der Waals surface area (Å²) in [5, 5.41) is 2.16. The zero-order valence-electron chi connectivity index (χ0n) is 23.4. The van der Waals surface area contributed by atoms with E-state index >= 15 is 8.78 Å². The number of nitrogens with zero attached hydrogens (tertiary/aromatic N) is 1. The van der Waals surface area contributed by atoms with E-state index in [9.17, 15) is 14.4 Å². The largest absolute Gasteiger partial charge is 0.497 e. The van der Waals surface area contributed by atoms with Crippen molar-refractivity contribution in [1.82, 2.24) is 10.1 Å². The van der Waals surface area contributed by atoms with E-state index in [-0.39, 0.29) is 42.9 Å². The van der Waals surface area contributed by atoms with E-state index < -0.39 is 40.3 Å². The molecule has 0 saturated heterocycles. The maximum absolute atomic E-state index is 15.3. The first-order chi connectivity index (χ1) is 19.6. The first kappa shape index (κ1) is 28.7. The van der Waals surface area contributed by atoms with E-state index in [1.54, 1.807) is 33.1 Å². The minimum atomic E-state index is -0.985. The molecule has 1 aromatic heterocycles. The Bertz CT molecular complexity index is 1480. The van der Waals surface area contributed by atoms with Gasteiger partial charge in [-0.1, -0.05) is 19.9 Å². The lowest BCUT2D eigenvalue weighted by molar-refractivity contribution is -0.140. The van der Waals surface area contributed by atoms with Gasteiger partial charge in [-0.25, -0.2) is 8.78 Å². The molecule has 8 nitrogen and oxygen atoms in total. The van der Waals surface area contributed by atoms with E-state index in [0.717, 1.165) is 18.4 Å². The van der Waals surface area contributed by atoms with Crippen molar-refractivity contribution in [3.63, 3.8) is 0 Å². The van der Waals surface area contributed by atoms with Crippen molar-refractivity contribution in [2.24, 2.45) is 5.92 Å². The Hall–Kier alpha value is -3.79. The lowest BCUT2D eigenvalue weighted by Crippen LogP contribution is -2.44. The van der Waals surface area contributed by atoms with Crippen LogP contribution in [0.25, 0.3) is 0 Å². The molecule has 2 aromatic carbocycles. The van der Waals surface area contributed by atoms with Crippen LogP contribution in [-0.4, -0.2) is 48.6 Å². The summed E-state index contributed by atoms with van der Waals surface area (Å²) in [5.41, 5.74) is 0.195. The average molecular weight is 569 g/mol. The third-order valence-corrected chi connectivity index (χ3v) is 7.77. The van der Waals surface area contributed by atoms with E-state index in [0.29, 0.717) is 30.3 Å². The number of ether oxygens (including phenoxy) is 2. The first-order valence-corrected chi connectivity index (χ1v) is 13.8. The molecule has 41 heavy (non-hydrogen) atoms. The summed E-state index contributed by atoms with van der Waals surface area (Å²) in [6.07, 6.45) is 2.22. The van der Waals surface area contributed by atoms with Crippen LogP contribution in [0.2, 0.25) is 0 Å². The lowest BCUT2D eigenvalue weighted by Gasteiger charge is -2.36. The van der Waals surface area contributed by atoms with Gasteiger partial charge in [-0.3, -0.25) is 14.4 Å². The van der Waals surface area contributed by atoms with Gasteiger partial charge in [-0.15, -0.1) is 0 Å². The summed E-state index contributed by atoms with van der Waals surface area (Å²) in [4.78, 5) is 40.0. The SMILES string of the molecule is COc1ccc2c(c1)CCN(C(=O)Cc1cc(=O)[nH]o1)[C@H]2C(=O)Cc1cc(F)c(C(C)(C)COCC2CC2)c(F)c1. The summed E-state index contributed by atoms with van der Waals surface area (Å²) >= 11 is 0. The minimum Gasteiger partial charge on any atom is -0.497 e. The number of aromatic nitrogens is 1. The van der Waals surface area contributed by atoms with Gasteiger partial charge >= 0.3 is 0 Å². The molecule has 0 unspecified atom stereocenters. The summed E-state index contributed by atoms with van der Waals surface area (Å²) in [6, 6.07) is 7.85. The zero-order valence-corrected chi connectivity index (χ0v) is 23.4. The molecule has 2 heterocycles. The molecule has 2 aliphatic rings. The van der Waals surface area contributed by atoms with Gasteiger partial charge in [-0.05, 0) is 66.1 Å². The number of benzene rings is 2.